The zero-order valence-electron chi connectivity index (χ0n) is 16.2. The van der Waals surface area contributed by atoms with Gasteiger partial charge in [0.2, 0.25) is 0 Å². The normalized spacial score (nSPS) is 21.9. The van der Waals surface area contributed by atoms with Crippen molar-refractivity contribution in [2.75, 3.05) is 19.8 Å². The molecule has 4 rings (SSSR count). The Labute approximate surface area is 171 Å². The van der Waals surface area contributed by atoms with Crippen LogP contribution in [0.4, 0.5) is 13.6 Å². The number of fused-ring (bicyclic) bond motifs is 1. The summed E-state index contributed by atoms with van der Waals surface area (Å²) in [5.74, 6) is -1.18. The summed E-state index contributed by atoms with van der Waals surface area (Å²) >= 11 is 0. The lowest BCUT2D eigenvalue weighted by molar-refractivity contribution is -0.132. The Morgan fingerprint density at radius 1 is 1.13 bits per heavy atom. The van der Waals surface area contributed by atoms with Gasteiger partial charge in [-0.2, -0.15) is 0 Å². The predicted molar refractivity (Wildman–Crippen MR) is 101 cm³/mol. The monoisotopic (exact) mass is 418 g/mol. The third kappa shape index (κ3) is 3.45. The number of nitrogens with zero attached hydrogens (tertiary/aromatic N) is 1. The van der Waals surface area contributed by atoms with Crippen LogP contribution in [0.2, 0.25) is 0 Å². The number of hydrogen-bond acceptors (Lipinski definition) is 5. The van der Waals surface area contributed by atoms with Crippen molar-refractivity contribution in [3.05, 3.63) is 59.2 Å². The summed E-state index contributed by atoms with van der Waals surface area (Å²) in [4.78, 5) is 26.4. The molecule has 0 radical (unpaired) electrons. The molecule has 9 heteroatoms. The number of β-amino-alcohol motifs (C(OH)–C–C–N with tert-alkyl or cyclic N) is 1. The van der Waals surface area contributed by atoms with Gasteiger partial charge in [-0.1, -0.05) is 6.07 Å². The minimum Gasteiger partial charge on any atom is -0.490 e. The van der Waals surface area contributed by atoms with Gasteiger partial charge in [0.1, 0.15) is 23.3 Å². The number of nitrogens with one attached hydrogen (secondary N) is 1. The molecule has 7 nitrogen and oxygen atoms in total. The fourth-order valence-corrected chi connectivity index (χ4v) is 3.57. The lowest BCUT2D eigenvalue weighted by Gasteiger charge is -2.24. The first-order chi connectivity index (χ1) is 14.3. The Kier molecular flexibility index (Phi) is 5.07. The van der Waals surface area contributed by atoms with Crippen LogP contribution >= 0.6 is 0 Å². The topological polar surface area (TPSA) is 88.1 Å². The molecular formula is C21H20F2N2O5. The van der Waals surface area contributed by atoms with Gasteiger partial charge in [0, 0.05) is 12.0 Å². The summed E-state index contributed by atoms with van der Waals surface area (Å²) < 4.78 is 38.6. The number of rotatable bonds is 4. The molecule has 2 N–H and O–H groups in total. The molecule has 0 saturated carbocycles. The van der Waals surface area contributed by atoms with Crippen LogP contribution in [0.1, 0.15) is 30.6 Å². The third-order valence-corrected chi connectivity index (χ3v) is 5.27. The van der Waals surface area contributed by atoms with Crippen molar-refractivity contribution in [3.63, 3.8) is 0 Å². The fourth-order valence-electron chi connectivity index (χ4n) is 3.57. The molecule has 2 aliphatic rings. The van der Waals surface area contributed by atoms with Crippen molar-refractivity contribution in [3.8, 4) is 11.5 Å². The van der Waals surface area contributed by atoms with Crippen molar-refractivity contribution >= 4 is 11.9 Å². The molecule has 2 heterocycles. The van der Waals surface area contributed by atoms with Crippen molar-refractivity contribution in [2.45, 2.75) is 25.0 Å². The Morgan fingerprint density at radius 3 is 2.63 bits per heavy atom. The van der Waals surface area contributed by atoms with E-state index in [1.54, 1.807) is 18.2 Å². The number of carbonyl (C=O) groups is 2. The number of amides is 3. The second-order valence-corrected chi connectivity index (χ2v) is 7.36. The van der Waals surface area contributed by atoms with E-state index in [1.807, 2.05) is 0 Å². The second-order valence-electron chi connectivity index (χ2n) is 7.36. The molecule has 0 spiro atoms. The first kappa shape index (κ1) is 20.1. The summed E-state index contributed by atoms with van der Waals surface area (Å²) in [7, 11) is 0. The molecule has 3 amide bonds. The fraction of sp³-hybridized carbons (Fsp3) is 0.333. The number of aliphatic hydroxyl groups excluding tert-OH is 1. The molecule has 158 valence electrons. The number of ether oxygens (including phenoxy) is 2. The maximum Gasteiger partial charge on any atom is 0.325 e. The minimum absolute atomic E-state index is 0.334. The number of halogens is 2. The zero-order valence-corrected chi connectivity index (χ0v) is 16.2. The SMILES string of the molecule is C[C@]1(c2ccc3c(c2)OCCCO3)NC(=O)N(C[C@@H](O)c2cc(F)ccc2F)C1=O. The zero-order chi connectivity index (χ0) is 21.5. The van der Waals surface area contributed by atoms with Crippen LogP contribution in [-0.4, -0.2) is 41.7 Å². The van der Waals surface area contributed by atoms with Crippen LogP contribution < -0.4 is 14.8 Å². The predicted octanol–water partition coefficient (Wildman–Crippen LogP) is 2.63. The molecule has 2 aromatic rings. The number of benzene rings is 2. The van der Waals surface area contributed by atoms with Gasteiger partial charge in [0.15, 0.2) is 11.5 Å². The first-order valence-corrected chi connectivity index (χ1v) is 9.47. The minimum atomic E-state index is -1.58. The van der Waals surface area contributed by atoms with Crippen molar-refractivity contribution in [1.29, 1.82) is 0 Å². The second kappa shape index (κ2) is 7.56. The van der Waals surface area contributed by atoms with Gasteiger partial charge < -0.3 is 19.9 Å². The van der Waals surface area contributed by atoms with Crippen molar-refractivity contribution < 1.29 is 33.0 Å². The van der Waals surface area contributed by atoms with E-state index in [-0.39, 0.29) is 5.56 Å². The summed E-state index contributed by atoms with van der Waals surface area (Å²) in [6.45, 7) is 1.99. The largest absolute Gasteiger partial charge is 0.490 e. The van der Waals surface area contributed by atoms with E-state index in [0.717, 1.165) is 29.5 Å². The average molecular weight is 418 g/mol. The smallest absolute Gasteiger partial charge is 0.325 e. The van der Waals surface area contributed by atoms with E-state index in [4.69, 9.17) is 9.47 Å². The highest BCUT2D eigenvalue weighted by Gasteiger charge is 2.49. The molecular weight excluding hydrogens is 398 g/mol. The molecule has 30 heavy (non-hydrogen) atoms. The average Bonchev–Trinajstić information content (AvgIpc) is 2.89. The molecule has 2 aliphatic heterocycles. The maximum absolute atomic E-state index is 13.9. The Morgan fingerprint density at radius 2 is 1.87 bits per heavy atom. The van der Waals surface area contributed by atoms with E-state index in [0.29, 0.717) is 30.3 Å². The molecule has 0 unspecified atom stereocenters. The lowest BCUT2D eigenvalue weighted by Crippen LogP contribution is -2.41. The highest BCUT2D eigenvalue weighted by Crippen LogP contribution is 2.37. The Balaban J connectivity index is 1.59. The molecule has 0 bridgehead atoms. The van der Waals surface area contributed by atoms with Gasteiger partial charge in [-0.05, 0) is 42.8 Å². The summed E-state index contributed by atoms with van der Waals surface area (Å²) in [6.07, 6.45) is -0.860. The molecule has 2 atom stereocenters. The van der Waals surface area contributed by atoms with Gasteiger partial charge in [-0.15, -0.1) is 0 Å². The molecule has 2 aromatic carbocycles. The van der Waals surface area contributed by atoms with Crippen LogP contribution in [0.5, 0.6) is 11.5 Å². The number of urea groups is 1. The van der Waals surface area contributed by atoms with Gasteiger partial charge in [0.05, 0.1) is 19.8 Å². The van der Waals surface area contributed by atoms with E-state index < -0.39 is 41.8 Å². The Hall–Kier alpha value is -3.20. The highest BCUT2D eigenvalue weighted by atomic mass is 19.1. The van der Waals surface area contributed by atoms with Crippen LogP contribution in [0, 0.1) is 11.6 Å². The first-order valence-electron chi connectivity index (χ1n) is 9.47. The number of imide groups is 1. The van der Waals surface area contributed by atoms with Gasteiger partial charge in [0.25, 0.3) is 5.91 Å². The van der Waals surface area contributed by atoms with Crippen LogP contribution in [0.25, 0.3) is 0 Å². The maximum atomic E-state index is 13.9. The van der Waals surface area contributed by atoms with Gasteiger partial charge in [-0.3, -0.25) is 9.69 Å². The van der Waals surface area contributed by atoms with Gasteiger partial charge >= 0.3 is 6.03 Å². The molecule has 0 aromatic heterocycles. The van der Waals surface area contributed by atoms with Gasteiger partial charge in [-0.25, -0.2) is 13.6 Å². The van der Waals surface area contributed by atoms with E-state index in [2.05, 4.69) is 5.32 Å². The van der Waals surface area contributed by atoms with Crippen LogP contribution in [0.15, 0.2) is 36.4 Å². The summed E-state index contributed by atoms with van der Waals surface area (Å²) in [6, 6.07) is 6.83. The summed E-state index contributed by atoms with van der Waals surface area (Å²) in [5.41, 5.74) is -1.28. The van der Waals surface area contributed by atoms with E-state index >= 15 is 0 Å². The third-order valence-electron chi connectivity index (χ3n) is 5.27. The van der Waals surface area contributed by atoms with E-state index in [1.165, 1.54) is 6.92 Å². The quantitative estimate of drug-likeness (QED) is 0.746. The number of hydrogen-bond donors (Lipinski definition) is 2. The van der Waals surface area contributed by atoms with Crippen LogP contribution in [0.3, 0.4) is 0 Å². The summed E-state index contributed by atoms with van der Waals surface area (Å²) in [5, 5.41) is 12.9. The molecule has 0 aliphatic carbocycles. The van der Waals surface area contributed by atoms with Crippen molar-refractivity contribution in [1.82, 2.24) is 10.2 Å². The number of aliphatic hydroxyl groups is 1. The Bertz CT molecular complexity index is 1010. The standard InChI is InChI=1S/C21H20F2N2O5/c1-21(12-3-6-17-18(9-12)30-8-2-7-29-17)19(27)25(20(28)24-21)11-16(26)14-10-13(22)4-5-15(14)23/h3-6,9-10,16,26H,2,7-8,11H2,1H3,(H,24,28)/t16-,21-/m1/s1. The highest BCUT2D eigenvalue weighted by molar-refractivity contribution is 6.07. The van der Waals surface area contributed by atoms with Crippen molar-refractivity contribution in [2.24, 2.45) is 0 Å². The lowest BCUT2D eigenvalue weighted by atomic mass is 9.91. The molecule has 1 fully saturated rings. The van der Waals surface area contributed by atoms with Crippen LogP contribution in [-0.2, 0) is 10.3 Å². The van der Waals surface area contributed by atoms with E-state index in [9.17, 15) is 23.5 Å². The number of carbonyl (C=O) groups excluding carboxylic acids is 2. The molecule has 1 saturated heterocycles.